The van der Waals surface area contributed by atoms with Gasteiger partial charge < -0.3 is 9.64 Å². The molecule has 2 aliphatic rings. The van der Waals surface area contributed by atoms with Crippen LogP contribution >= 0.6 is 12.2 Å². The molecule has 11 heteroatoms. The van der Waals surface area contributed by atoms with E-state index in [-0.39, 0.29) is 34.2 Å². The fraction of sp³-hybridized carbons (Fsp3) is 0.238. The van der Waals surface area contributed by atoms with Crippen molar-refractivity contribution in [3.05, 3.63) is 58.4 Å². The zero-order valence-electron chi connectivity index (χ0n) is 16.6. The number of cyclic esters (lactones) is 1. The van der Waals surface area contributed by atoms with Crippen molar-refractivity contribution in [2.24, 2.45) is 0 Å². The van der Waals surface area contributed by atoms with Gasteiger partial charge in [0.1, 0.15) is 23.5 Å². The highest BCUT2D eigenvalue weighted by molar-refractivity contribution is 7.81. The van der Waals surface area contributed by atoms with E-state index < -0.39 is 40.5 Å². The second-order valence-corrected chi connectivity index (χ2v) is 8.06. The minimum atomic E-state index is -4.82. The third-order valence-electron chi connectivity index (χ3n) is 5.33. The number of thiocarbonyl (C=S) groups is 1. The van der Waals surface area contributed by atoms with Crippen molar-refractivity contribution in [1.82, 2.24) is 0 Å². The monoisotopic (exact) mass is 463 g/mol. The van der Waals surface area contributed by atoms with Crippen molar-refractivity contribution in [1.29, 1.82) is 5.26 Å². The first-order valence-electron chi connectivity index (χ1n) is 9.17. The van der Waals surface area contributed by atoms with Crippen LogP contribution in [0.2, 0.25) is 0 Å². The smallest absolute Gasteiger partial charge is 0.417 e. The number of benzene rings is 2. The summed E-state index contributed by atoms with van der Waals surface area (Å²) >= 11 is 5.41. The number of rotatable bonds is 2. The summed E-state index contributed by atoms with van der Waals surface area (Å²) in [6.07, 6.45) is -4.82. The SMILES string of the molecule is CC1(C)C(=O)N(c2ccc(C#N)c(C(F)(F)F)c2)C(=S)N1c1cc(F)c2c(c1)COC2=O. The van der Waals surface area contributed by atoms with Crippen LogP contribution in [-0.2, 0) is 22.3 Å². The summed E-state index contributed by atoms with van der Waals surface area (Å²) in [5, 5.41) is 8.82. The molecule has 0 aromatic heterocycles. The van der Waals surface area contributed by atoms with E-state index in [4.69, 9.17) is 22.2 Å². The fourth-order valence-corrected chi connectivity index (χ4v) is 4.32. The van der Waals surface area contributed by atoms with Crippen LogP contribution in [0.15, 0.2) is 30.3 Å². The van der Waals surface area contributed by atoms with E-state index in [9.17, 15) is 27.2 Å². The summed E-state index contributed by atoms with van der Waals surface area (Å²) in [4.78, 5) is 27.1. The Balaban J connectivity index is 1.82. The summed E-state index contributed by atoms with van der Waals surface area (Å²) < 4.78 is 59.7. The van der Waals surface area contributed by atoms with E-state index in [1.807, 2.05) is 0 Å². The molecule has 0 radical (unpaired) electrons. The molecule has 1 amide bonds. The Bertz CT molecular complexity index is 1250. The van der Waals surface area contributed by atoms with E-state index in [1.54, 1.807) is 0 Å². The van der Waals surface area contributed by atoms with Crippen LogP contribution in [-0.4, -0.2) is 22.5 Å². The van der Waals surface area contributed by atoms with Crippen LogP contribution in [0.5, 0.6) is 0 Å². The number of hydrogen-bond donors (Lipinski definition) is 0. The van der Waals surface area contributed by atoms with Gasteiger partial charge in [-0.25, -0.2) is 9.18 Å². The largest absolute Gasteiger partial charge is 0.457 e. The number of hydrogen-bond acceptors (Lipinski definition) is 5. The molecule has 4 rings (SSSR count). The number of carbonyl (C=O) groups is 2. The molecule has 0 saturated carbocycles. The van der Waals surface area contributed by atoms with Crippen molar-refractivity contribution < 1.29 is 31.9 Å². The predicted molar refractivity (Wildman–Crippen MR) is 108 cm³/mol. The first-order valence-corrected chi connectivity index (χ1v) is 9.58. The topological polar surface area (TPSA) is 73.6 Å². The second kappa shape index (κ2) is 7.00. The molecule has 164 valence electrons. The summed E-state index contributed by atoms with van der Waals surface area (Å²) in [5.74, 6) is -2.31. The number of nitrogens with zero attached hydrogens (tertiary/aromatic N) is 3. The van der Waals surface area contributed by atoms with Crippen molar-refractivity contribution in [2.75, 3.05) is 9.80 Å². The van der Waals surface area contributed by atoms with Gasteiger partial charge in [-0.3, -0.25) is 9.69 Å². The maximum Gasteiger partial charge on any atom is 0.417 e. The molecule has 1 saturated heterocycles. The molecule has 2 aromatic carbocycles. The van der Waals surface area contributed by atoms with Gasteiger partial charge >= 0.3 is 12.1 Å². The van der Waals surface area contributed by atoms with Gasteiger partial charge in [0.05, 0.1) is 22.9 Å². The van der Waals surface area contributed by atoms with Gasteiger partial charge in [0.2, 0.25) is 0 Å². The molecular formula is C21H13F4N3O3S. The van der Waals surface area contributed by atoms with Gasteiger partial charge in [0.15, 0.2) is 5.11 Å². The van der Waals surface area contributed by atoms with Gasteiger partial charge in [-0.2, -0.15) is 18.4 Å². The molecule has 0 N–H and O–H groups in total. The summed E-state index contributed by atoms with van der Waals surface area (Å²) in [7, 11) is 0. The Morgan fingerprint density at radius 3 is 2.47 bits per heavy atom. The third-order valence-corrected chi connectivity index (χ3v) is 5.70. The minimum absolute atomic E-state index is 0.148. The van der Waals surface area contributed by atoms with E-state index in [0.29, 0.717) is 6.07 Å². The maximum atomic E-state index is 14.6. The molecular weight excluding hydrogens is 450 g/mol. The zero-order valence-corrected chi connectivity index (χ0v) is 17.4. The number of halogens is 4. The average molecular weight is 463 g/mol. The fourth-order valence-electron chi connectivity index (χ4n) is 3.79. The number of nitriles is 1. The first-order chi connectivity index (χ1) is 14.9. The second-order valence-electron chi connectivity index (χ2n) is 7.69. The highest BCUT2D eigenvalue weighted by atomic mass is 32.1. The molecule has 0 unspecified atom stereocenters. The summed E-state index contributed by atoms with van der Waals surface area (Å²) in [6, 6.07) is 6.78. The van der Waals surface area contributed by atoms with Crippen LogP contribution in [0.4, 0.5) is 28.9 Å². The molecule has 32 heavy (non-hydrogen) atoms. The molecule has 0 spiro atoms. The first kappa shape index (κ1) is 21.7. The number of ether oxygens (including phenoxy) is 1. The van der Waals surface area contributed by atoms with Crippen LogP contribution in [0.25, 0.3) is 0 Å². The Morgan fingerprint density at radius 1 is 1.16 bits per heavy atom. The van der Waals surface area contributed by atoms with Crippen LogP contribution in [0.3, 0.4) is 0 Å². The zero-order chi connectivity index (χ0) is 23.6. The van der Waals surface area contributed by atoms with Crippen LogP contribution in [0.1, 0.15) is 40.9 Å². The van der Waals surface area contributed by atoms with Gasteiger partial charge in [0, 0.05) is 11.3 Å². The lowest BCUT2D eigenvalue weighted by molar-refractivity contribution is -0.137. The average Bonchev–Trinajstić information content (AvgIpc) is 3.15. The molecule has 2 aromatic rings. The standard InChI is InChI=1S/C21H13F4N3O3S/c1-20(2)18(30)27(12-4-3-10(8-26)14(6-12)21(23,24)25)19(32)28(20)13-5-11-9-31-17(29)16(11)15(22)7-13/h3-7H,9H2,1-2H3. The van der Waals surface area contributed by atoms with Crippen molar-refractivity contribution in [3.8, 4) is 6.07 Å². The lowest BCUT2D eigenvalue weighted by Crippen LogP contribution is -2.44. The molecule has 1 fully saturated rings. The van der Waals surface area contributed by atoms with Gasteiger partial charge in [-0.1, -0.05) is 0 Å². The van der Waals surface area contributed by atoms with E-state index in [0.717, 1.165) is 17.0 Å². The molecule has 0 aliphatic carbocycles. The Hall–Kier alpha value is -3.52. The van der Waals surface area contributed by atoms with Crippen molar-refractivity contribution >= 4 is 40.6 Å². The molecule has 2 aliphatic heterocycles. The number of anilines is 2. The highest BCUT2D eigenvalue weighted by Gasteiger charge is 2.51. The van der Waals surface area contributed by atoms with Crippen LogP contribution in [0, 0.1) is 17.1 Å². The Morgan fingerprint density at radius 2 is 1.84 bits per heavy atom. The summed E-state index contributed by atoms with van der Waals surface area (Å²) in [5.41, 5.74) is -3.15. The lowest BCUT2D eigenvalue weighted by atomic mass is 10.0. The van der Waals surface area contributed by atoms with Crippen LogP contribution < -0.4 is 9.80 Å². The predicted octanol–water partition coefficient (Wildman–Crippen LogP) is 4.30. The number of fused-ring (bicyclic) bond motifs is 1. The Labute approximate surface area is 184 Å². The molecule has 6 nitrogen and oxygen atoms in total. The van der Waals surface area contributed by atoms with E-state index >= 15 is 0 Å². The quantitative estimate of drug-likeness (QED) is 0.376. The number of carbonyl (C=O) groups excluding carboxylic acids is 2. The van der Waals surface area contributed by atoms with Gasteiger partial charge in [0.25, 0.3) is 5.91 Å². The van der Waals surface area contributed by atoms with Gasteiger partial charge in [-0.15, -0.1) is 0 Å². The molecule has 0 bridgehead atoms. The highest BCUT2D eigenvalue weighted by Crippen LogP contribution is 2.40. The van der Waals surface area contributed by atoms with Crippen molar-refractivity contribution in [2.45, 2.75) is 32.2 Å². The Kier molecular flexibility index (Phi) is 4.74. The van der Waals surface area contributed by atoms with E-state index in [2.05, 4.69) is 0 Å². The molecule has 0 atom stereocenters. The third kappa shape index (κ3) is 3.10. The summed E-state index contributed by atoms with van der Waals surface area (Å²) in [6.45, 7) is 2.83. The molecule has 2 heterocycles. The minimum Gasteiger partial charge on any atom is -0.457 e. The number of amides is 1. The number of alkyl halides is 3. The van der Waals surface area contributed by atoms with Crippen molar-refractivity contribution in [3.63, 3.8) is 0 Å². The van der Waals surface area contributed by atoms with E-state index in [1.165, 1.54) is 36.9 Å². The van der Waals surface area contributed by atoms with Gasteiger partial charge in [-0.05, 0) is 56.4 Å². The maximum absolute atomic E-state index is 14.6. The lowest BCUT2D eigenvalue weighted by Gasteiger charge is -2.29. The number of esters is 1. The normalized spacial score (nSPS) is 17.5.